The van der Waals surface area contributed by atoms with Gasteiger partial charge in [0.2, 0.25) is 0 Å². The second-order valence-corrected chi connectivity index (χ2v) is 6.76. The van der Waals surface area contributed by atoms with E-state index in [0.717, 1.165) is 12.5 Å². The Morgan fingerprint density at radius 3 is 2.83 bits per heavy atom. The minimum absolute atomic E-state index is 0.526. The second kappa shape index (κ2) is 6.12. The smallest absolute Gasteiger partial charge is 0.0446 e. The minimum atomic E-state index is 0.526. The van der Waals surface area contributed by atoms with Gasteiger partial charge in [0.05, 0.1) is 0 Å². The van der Waals surface area contributed by atoms with E-state index in [-0.39, 0.29) is 0 Å². The van der Waals surface area contributed by atoms with Gasteiger partial charge in [-0.05, 0) is 42.5 Å². The second-order valence-electron chi connectivity index (χ2n) is 5.59. The van der Waals surface area contributed by atoms with Crippen molar-refractivity contribution in [3.05, 3.63) is 34.9 Å². The first kappa shape index (κ1) is 14.0. The molecule has 2 heteroatoms. The first-order valence-corrected chi connectivity index (χ1v) is 8.13. The monoisotopic (exact) mass is 263 g/mol. The molecule has 1 aromatic rings. The van der Waals surface area contributed by atoms with Gasteiger partial charge in [-0.1, -0.05) is 39.0 Å². The molecule has 0 aromatic heterocycles. The summed E-state index contributed by atoms with van der Waals surface area (Å²) in [5, 5.41) is 4.47. The summed E-state index contributed by atoms with van der Waals surface area (Å²) in [6, 6.07) is 7.30. The Morgan fingerprint density at radius 1 is 1.39 bits per heavy atom. The zero-order valence-corrected chi connectivity index (χ0v) is 12.8. The normalized spacial score (nSPS) is 23.2. The highest BCUT2D eigenvalue weighted by molar-refractivity contribution is 7.99. The summed E-state index contributed by atoms with van der Waals surface area (Å²) in [6.07, 6.45) is 1.20. The SMILES string of the molecule is CCCNC1c2cccc(C)c2CSC1C(C)C. The van der Waals surface area contributed by atoms with Gasteiger partial charge >= 0.3 is 0 Å². The molecule has 0 radical (unpaired) electrons. The summed E-state index contributed by atoms with van der Waals surface area (Å²) < 4.78 is 0. The summed E-state index contributed by atoms with van der Waals surface area (Å²) in [5.41, 5.74) is 4.56. The molecule has 1 aliphatic heterocycles. The number of aryl methyl sites for hydroxylation is 1. The fraction of sp³-hybridized carbons (Fsp3) is 0.625. The summed E-state index contributed by atoms with van der Waals surface area (Å²) in [6.45, 7) is 10.3. The highest BCUT2D eigenvalue weighted by Crippen LogP contribution is 2.42. The molecule has 0 saturated heterocycles. The zero-order chi connectivity index (χ0) is 13.1. The summed E-state index contributed by atoms with van der Waals surface area (Å²) in [4.78, 5) is 0. The lowest BCUT2D eigenvalue weighted by Crippen LogP contribution is -2.37. The maximum absolute atomic E-state index is 3.77. The van der Waals surface area contributed by atoms with Gasteiger partial charge in [-0.15, -0.1) is 0 Å². The lowest BCUT2D eigenvalue weighted by molar-refractivity contribution is 0.438. The predicted octanol–water partition coefficient (Wildman–Crippen LogP) is 4.31. The number of thioether (sulfide) groups is 1. The van der Waals surface area contributed by atoms with Gasteiger partial charge < -0.3 is 5.32 Å². The van der Waals surface area contributed by atoms with Crippen LogP contribution in [0.1, 0.15) is 49.9 Å². The van der Waals surface area contributed by atoms with Crippen LogP contribution in [0.4, 0.5) is 0 Å². The van der Waals surface area contributed by atoms with Crippen molar-refractivity contribution in [2.75, 3.05) is 6.54 Å². The van der Waals surface area contributed by atoms with Gasteiger partial charge in [0.15, 0.2) is 0 Å². The van der Waals surface area contributed by atoms with E-state index in [0.29, 0.717) is 11.3 Å². The van der Waals surface area contributed by atoms with E-state index in [1.165, 1.54) is 17.7 Å². The average Bonchev–Trinajstić information content (AvgIpc) is 2.36. The van der Waals surface area contributed by atoms with E-state index in [9.17, 15) is 0 Å². The largest absolute Gasteiger partial charge is 0.309 e. The van der Waals surface area contributed by atoms with Crippen LogP contribution in [-0.4, -0.2) is 11.8 Å². The molecule has 2 atom stereocenters. The molecule has 0 amide bonds. The molecular weight excluding hydrogens is 238 g/mol. The maximum Gasteiger partial charge on any atom is 0.0446 e. The van der Waals surface area contributed by atoms with Crippen molar-refractivity contribution in [1.29, 1.82) is 0 Å². The van der Waals surface area contributed by atoms with Gasteiger partial charge in [-0.25, -0.2) is 0 Å². The Labute approximate surface area is 116 Å². The van der Waals surface area contributed by atoms with Gasteiger partial charge in [0, 0.05) is 17.0 Å². The number of benzene rings is 1. The first-order valence-electron chi connectivity index (χ1n) is 7.08. The van der Waals surface area contributed by atoms with Crippen LogP contribution in [0.2, 0.25) is 0 Å². The van der Waals surface area contributed by atoms with Crippen LogP contribution in [0.3, 0.4) is 0 Å². The third-order valence-corrected chi connectivity index (χ3v) is 5.46. The van der Waals surface area contributed by atoms with Crippen molar-refractivity contribution in [3.63, 3.8) is 0 Å². The molecule has 1 N–H and O–H groups in total. The number of rotatable bonds is 4. The average molecular weight is 263 g/mol. The summed E-state index contributed by atoms with van der Waals surface area (Å²) in [7, 11) is 0. The number of hydrogen-bond acceptors (Lipinski definition) is 2. The fourth-order valence-electron chi connectivity index (χ4n) is 2.77. The number of fused-ring (bicyclic) bond motifs is 1. The standard InChI is InChI=1S/C16H25NS/c1-5-9-17-15-13-8-6-7-12(4)14(13)10-18-16(15)11(2)3/h6-8,11,15-17H,5,9-10H2,1-4H3. The highest BCUT2D eigenvalue weighted by Gasteiger charge is 2.31. The molecule has 18 heavy (non-hydrogen) atoms. The van der Waals surface area contributed by atoms with Crippen molar-refractivity contribution in [3.8, 4) is 0 Å². The summed E-state index contributed by atoms with van der Waals surface area (Å²) in [5.74, 6) is 1.90. The van der Waals surface area contributed by atoms with Crippen molar-refractivity contribution >= 4 is 11.8 Å². The maximum atomic E-state index is 3.77. The van der Waals surface area contributed by atoms with Crippen LogP contribution < -0.4 is 5.32 Å². The molecule has 0 spiro atoms. The van der Waals surface area contributed by atoms with Gasteiger partial charge in [-0.3, -0.25) is 0 Å². The predicted molar refractivity (Wildman–Crippen MR) is 82.1 cm³/mol. The van der Waals surface area contributed by atoms with Crippen molar-refractivity contribution in [2.45, 2.75) is 51.2 Å². The molecule has 1 aliphatic rings. The van der Waals surface area contributed by atoms with E-state index >= 15 is 0 Å². The zero-order valence-electron chi connectivity index (χ0n) is 12.0. The minimum Gasteiger partial charge on any atom is -0.309 e. The Morgan fingerprint density at radius 2 is 2.17 bits per heavy atom. The molecule has 0 aliphatic carbocycles. The topological polar surface area (TPSA) is 12.0 Å². The Hall–Kier alpha value is -0.470. The molecule has 1 aromatic carbocycles. The van der Waals surface area contributed by atoms with Crippen LogP contribution in [-0.2, 0) is 5.75 Å². The van der Waals surface area contributed by atoms with Crippen LogP contribution in [0, 0.1) is 12.8 Å². The molecule has 0 bridgehead atoms. The van der Waals surface area contributed by atoms with Crippen LogP contribution in [0.15, 0.2) is 18.2 Å². The van der Waals surface area contributed by atoms with Gasteiger partial charge in [0.25, 0.3) is 0 Å². The van der Waals surface area contributed by atoms with E-state index in [1.54, 1.807) is 11.1 Å². The van der Waals surface area contributed by atoms with E-state index < -0.39 is 0 Å². The van der Waals surface area contributed by atoms with E-state index in [1.807, 2.05) is 0 Å². The van der Waals surface area contributed by atoms with Gasteiger partial charge in [0.1, 0.15) is 0 Å². The van der Waals surface area contributed by atoms with Crippen LogP contribution in [0.25, 0.3) is 0 Å². The molecular formula is C16H25NS. The molecule has 100 valence electrons. The van der Waals surface area contributed by atoms with Gasteiger partial charge in [-0.2, -0.15) is 11.8 Å². The Balaban J connectivity index is 2.32. The number of hydrogen-bond donors (Lipinski definition) is 1. The Kier molecular flexibility index (Phi) is 4.74. The van der Waals surface area contributed by atoms with Crippen molar-refractivity contribution in [1.82, 2.24) is 5.32 Å². The highest BCUT2D eigenvalue weighted by atomic mass is 32.2. The van der Waals surface area contributed by atoms with E-state index in [2.05, 4.69) is 63.0 Å². The lowest BCUT2D eigenvalue weighted by Gasteiger charge is -2.37. The lowest BCUT2D eigenvalue weighted by atomic mass is 9.90. The van der Waals surface area contributed by atoms with Crippen molar-refractivity contribution in [2.24, 2.45) is 5.92 Å². The van der Waals surface area contributed by atoms with Crippen LogP contribution >= 0.6 is 11.8 Å². The first-order chi connectivity index (χ1) is 8.65. The van der Waals surface area contributed by atoms with Crippen LogP contribution in [0.5, 0.6) is 0 Å². The fourth-order valence-corrected chi connectivity index (χ4v) is 4.34. The number of nitrogens with one attached hydrogen (secondary N) is 1. The molecule has 0 saturated carbocycles. The molecule has 1 nitrogen and oxygen atoms in total. The molecule has 1 heterocycles. The molecule has 2 rings (SSSR count). The summed E-state index contributed by atoms with van der Waals surface area (Å²) >= 11 is 2.12. The van der Waals surface area contributed by atoms with E-state index in [4.69, 9.17) is 0 Å². The van der Waals surface area contributed by atoms with Crippen molar-refractivity contribution < 1.29 is 0 Å². The molecule has 0 fully saturated rings. The molecule has 2 unspecified atom stereocenters. The Bertz CT molecular complexity index is 400. The third kappa shape index (κ3) is 2.75. The quantitative estimate of drug-likeness (QED) is 0.869. The third-order valence-electron chi connectivity index (χ3n) is 3.80.